The van der Waals surface area contributed by atoms with Crippen LogP contribution in [-0.4, -0.2) is 28.8 Å². The summed E-state index contributed by atoms with van der Waals surface area (Å²) < 4.78 is 0. The smallest absolute Gasteiger partial charge is 0.319 e. The second kappa shape index (κ2) is 6.63. The molecule has 0 aliphatic heterocycles. The summed E-state index contributed by atoms with van der Waals surface area (Å²) in [7, 11) is 0. The highest BCUT2D eigenvalue weighted by Crippen LogP contribution is 2.19. The molecular weight excluding hydrogens is 266 g/mol. The number of amides is 2. The number of hydrogen-bond acceptors (Lipinski definition) is 2. The van der Waals surface area contributed by atoms with Crippen molar-refractivity contribution in [2.75, 3.05) is 11.9 Å². The van der Waals surface area contributed by atoms with Gasteiger partial charge in [-0.05, 0) is 43.5 Å². The van der Waals surface area contributed by atoms with E-state index in [-0.39, 0.29) is 18.7 Å². The Morgan fingerprint density at radius 3 is 2.76 bits per heavy atom. The molecule has 0 bridgehead atoms. The summed E-state index contributed by atoms with van der Waals surface area (Å²) in [5.41, 5.74) is 2.87. The zero-order valence-corrected chi connectivity index (χ0v) is 12.7. The first kappa shape index (κ1) is 15.4. The normalized spacial score (nSPS) is 12.6. The predicted octanol–water partition coefficient (Wildman–Crippen LogP) is 3.00. The Labute approximate surface area is 124 Å². The largest absolute Gasteiger partial charge is 0.394 e. The molecule has 2 rings (SSSR count). The van der Waals surface area contributed by atoms with Gasteiger partial charge in [-0.3, -0.25) is 0 Å². The van der Waals surface area contributed by atoms with Gasteiger partial charge < -0.3 is 20.7 Å². The van der Waals surface area contributed by atoms with Crippen LogP contribution in [0.25, 0.3) is 10.9 Å². The van der Waals surface area contributed by atoms with Crippen LogP contribution in [-0.2, 0) is 0 Å². The SMILES string of the molecule is Cc1cc2cc(NC(=O)NC(CO)CC(C)C)ccc2[nH]1. The summed E-state index contributed by atoms with van der Waals surface area (Å²) in [4.78, 5) is 15.2. The summed E-state index contributed by atoms with van der Waals surface area (Å²) in [6.07, 6.45) is 0.750. The van der Waals surface area contributed by atoms with Gasteiger partial charge in [-0.1, -0.05) is 13.8 Å². The monoisotopic (exact) mass is 289 g/mol. The molecule has 0 radical (unpaired) electrons. The Balaban J connectivity index is 2.00. The fourth-order valence-electron chi connectivity index (χ4n) is 2.46. The highest BCUT2D eigenvalue weighted by atomic mass is 16.3. The minimum absolute atomic E-state index is 0.0539. The lowest BCUT2D eigenvalue weighted by atomic mass is 10.0. The molecule has 1 heterocycles. The molecule has 2 amide bonds. The van der Waals surface area contributed by atoms with E-state index < -0.39 is 0 Å². The number of rotatable bonds is 5. The molecule has 1 aromatic carbocycles. The number of aryl methyl sites for hydroxylation is 1. The number of aromatic amines is 1. The van der Waals surface area contributed by atoms with Crippen LogP contribution >= 0.6 is 0 Å². The van der Waals surface area contributed by atoms with Gasteiger partial charge >= 0.3 is 6.03 Å². The van der Waals surface area contributed by atoms with Gasteiger partial charge in [-0.15, -0.1) is 0 Å². The van der Waals surface area contributed by atoms with Crippen LogP contribution in [0.1, 0.15) is 26.0 Å². The summed E-state index contributed by atoms with van der Waals surface area (Å²) in [5.74, 6) is 0.418. The van der Waals surface area contributed by atoms with E-state index in [0.717, 1.165) is 28.7 Å². The van der Waals surface area contributed by atoms with Crippen LogP contribution in [0, 0.1) is 12.8 Å². The van der Waals surface area contributed by atoms with Crippen LogP contribution in [0.15, 0.2) is 24.3 Å². The van der Waals surface area contributed by atoms with E-state index >= 15 is 0 Å². The number of aliphatic hydroxyl groups is 1. The second-order valence-electron chi connectivity index (χ2n) is 5.86. The number of aromatic nitrogens is 1. The average Bonchev–Trinajstić information content (AvgIpc) is 2.76. The number of carbonyl (C=O) groups excluding carboxylic acids is 1. The molecule has 1 aromatic heterocycles. The van der Waals surface area contributed by atoms with Gasteiger partial charge in [0.25, 0.3) is 0 Å². The van der Waals surface area contributed by atoms with Crippen molar-refractivity contribution in [3.05, 3.63) is 30.0 Å². The van der Waals surface area contributed by atoms with E-state index in [2.05, 4.69) is 29.5 Å². The molecule has 5 heteroatoms. The topological polar surface area (TPSA) is 77.2 Å². The van der Waals surface area contributed by atoms with E-state index in [1.165, 1.54) is 0 Å². The Kier molecular flexibility index (Phi) is 4.85. The number of carbonyl (C=O) groups is 1. The number of nitrogens with one attached hydrogen (secondary N) is 3. The Morgan fingerprint density at radius 1 is 1.33 bits per heavy atom. The van der Waals surface area contributed by atoms with Crippen LogP contribution in [0.3, 0.4) is 0 Å². The number of fused-ring (bicyclic) bond motifs is 1. The number of H-pyrrole nitrogens is 1. The molecule has 0 saturated heterocycles. The third-order valence-corrected chi connectivity index (χ3v) is 3.32. The zero-order valence-electron chi connectivity index (χ0n) is 12.7. The maximum absolute atomic E-state index is 12.0. The number of aliphatic hydroxyl groups excluding tert-OH is 1. The fraction of sp³-hybridized carbons (Fsp3) is 0.438. The average molecular weight is 289 g/mol. The molecule has 114 valence electrons. The molecule has 0 saturated carbocycles. The molecule has 21 heavy (non-hydrogen) atoms. The molecule has 1 unspecified atom stereocenters. The predicted molar refractivity (Wildman–Crippen MR) is 85.5 cm³/mol. The lowest BCUT2D eigenvalue weighted by Crippen LogP contribution is -2.40. The highest BCUT2D eigenvalue weighted by Gasteiger charge is 2.13. The van der Waals surface area contributed by atoms with Crippen LogP contribution in [0.4, 0.5) is 10.5 Å². The lowest BCUT2D eigenvalue weighted by molar-refractivity contribution is 0.214. The second-order valence-corrected chi connectivity index (χ2v) is 5.86. The van der Waals surface area contributed by atoms with Crippen LogP contribution in [0.5, 0.6) is 0 Å². The van der Waals surface area contributed by atoms with E-state index in [4.69, 9.17) is 0 Å². The number of urea groups is 1. The molecule has 0 aliphatic carbocycles. The minimum atomic E-state index is -0.290. The fourth-order valence-corrected chi connectivity index (χ4v) is 2.46. The molecule has 0 spiro atoms. The molecular formula is C16H23N3O2. The van der Waals surface area contributed by atoms with Crippen molar-refractivity contribution >= 4 is 22.6 Å². The quantitative estimate of drug-likeness (QED) is 0.683. The Bertz CT molecular complexity index is 619. The Morgan fingerprint density at radius 2 is 2.10 bits per heavy atom. The van der Waals surface area contributed by atoms with Crippen molar-refractivity contribution < 1.29 is 9.90 Å². The van der Waals surface area contributed by atoms with Crippen molar-refractivity contribution in [3.63, 3.8) is 0 Å². The number of anilines is 1. The lowest BCUT2D eigenvalue weighted by Gasteiger charge is -2.18. The first-order chi connectivity index (χ1) is 9.97. The first-order valence-electron chi connectivity index (χ1n) is 7.25. The first-order valence-corrected chi connectivity index (χ1v) is 7.25. The zero-order chi connectivity index (χ0) is 15.4. The Hall–Kier alpha value is -2.01. The molecule has 5 nitrogen and oxygen atoms in total. The standard InChI is InChI=1S/C16H23N3O2/c1-10(2)6-14(9-20)19-16(21)18-13-4-5-15-12(8-13)7-11(3)17-15/h4-5,7-8,10,14,17,20H,6,9H2,1-3H3,(H2,18,19,21). The third-order valence-electron chi connectivity index (χ3n) is 3.32. The van der Waals surface area contributed by atoms with Gasteiger partial charge in [-0.25, -0.2) is 4.79 Å². The van der Waals surface area contributed by atoms with Gasteiger partial charge in [0, 0.05) is 22.3 Å². The van der Waals surface area contributed by atoms with E-state index in [9.17, 15) is 9.90 Å². The van der Waals surface area contributed by atoms with E-state index in [1.807, 2.05) is 31.2 Å². The molecule has 2 aromatic rings. The van der Waals surface area contributed by atoms with Crippen LogP contribution in [0.2, 0.25) is 0 Å². The molecule has 4 N–H and O–H groups in total. The van der Waals surface area contributed by atoms with Gasteiger partial charge in [0.05, 0.1) is 12.6 Å². The van der Waals surface area contributed by atoms with Crippen LogP contribution < -0.4 is 10.6 Å². The van der Waals surface area contributed by atoms with Crippen molar-refractivity contribution in [1.29, 1.82) is 0 Å². The molecule has 1 atom stereocenters. The van der Waals surface area contributed by atoms with Crippen molar-refractivity contribution in [3.8, 4) is 0 Å². The summed E-state index contributed by atoms with van der Waals surface area (Å²) in [6.45, 7) is 6.06. The van der Waals surface area contributed by atoms with Crippen molar-refractivity contribution in [1.82, 2.24) is 10.3 Å². The number of hydrogen-bond donors (Lipinski definition) is 4. The van der Waals surface area contributed by atoms with E-state index in [1.54, 1.807) is 0 Å². The minimum Gasteiger partial charge on any atom is -0.394 e. The van der Waals surface area contributed by atoms with Gasteiger partial charge in [-0.2, -0.15) is 0 Å². The highest BCUT2D eigenvalue weighted by molar-refractivity contribution is 5.93. The number of benzene rings is 1. The molecule has 0 fully saturated rings. The van der Waals surface area contributed by atoms with E-state index in [0.29, 0.717) is 5.92 Å². The van der Waals surface area contributed by atoms with Crippen molar-refractivity contribution in [2.45, 2.75) is 33.2 Å². The summed E-state index contributed by atoms with van der Waals surface area (Å²) in [6, 6.07) is 7.25. The maximum Gasteiger partial charge on any atom is 0.319 e. The summed E-state index contributed by atoms with van der Waals surface area (Å²) in [5, 5.41) is 15.9. The third kappa shape index (κ3) is 4.23. The van der Waals surface area contributed by atoms with Gasteiger partial charge in [0.2, 0.25) is 0 Å². The van der Waals surface area contributed by atoms with Gasteiger partial charge in [0.15, 0.2) is 0 Å². The van der Waals surface area contributed by atoms with Crippen molar-refractivity contribution in [2.24, 2.45) is 5.92 Å². The van der Waals surface area contributed by atoms with Gasteiger partial charge in [0.1, 0.15) is 0 Å². The summed E-state index contributed by atoms with van der Waals surface area (Å²) >= 11 is 0. The molecule has 0 aliphatic rings. The maximum atomic E-state index is 12.0.